The molecule has 5 rings (SSSR count). The normalized spacial score (nSPS) is 15.8. The average molecular weight is 541 g/mol. The van der Waals surface area contributed by atoms with Crippen LogP contribution in [0.2, 0.25) is 0 Å². The van der Waals surface area contributed by atoms with Crippen LogP contribution in [-0.2, 0) is 16.1 Å². The first-order valence-corrected chi connectivity index (χ1v) is 13.3. The van der Waals surface area contributed by atoms with Crippen LogP contribution in [0.1, 0.15) is 37.7 Å². The Bertz CT molecular complexity index is 1570. The summed E-state index contributed by atoms with van der Waals surface area (Å²) in [6, 6.07) is 14.9. The average Bonchev–Trinajstić information content (AvgIpc) is 3.48. The van der Waals surface area contributed by atoms with Crippen LogP contribution in [-0.4, -0.2) is 59.6 Å². The largest absolute Gasteiger partial charge is 0.388 e. The van der Waals surface area contributed by atoms with Crippen molar-refractivity contribution >= 4 is 34.6 Å². The Hall–Kier alpha value is -4.57. The molecule has 2 N–H and O–H groups in total. The summed E-state index contributed by atoms with van der Waals surface area (Å²) in [5.41, 5.74) is 0.694. The van der Waals surface area contributed by atoms with E-state index in [1.165, 1.54) is 17.0 Å². The number of amides is 2. The topological polar surface area (TPSA) is 122 Å². The Labute approximate surface area is 231 Å². The van der Waals surface area contributed by atoms with Gasteiger partial charge < -0.3 is 19.9 Å². The van der Waals surface area contributed by atoms with E-state index in [4.69, 9.17) is 0 Å². The molecule has 1 fully saturated rings. The summed E-state index contributed by atoms with van der Waals surface area (Å²) >= 11 is 0. The zero-order valence-electron chi connectivity index (χ0n) is 22.3. The first-order valence-electron chi connectivity index (χ1n) is 13.3. The summed E-state index contributed by atoms with van der Waals surface area (Å²) in [5, 5.41) is 14.4. The molecule has 0 aliphatic carbocycles. The van der Waals surface area contributed by atoms with Crippen molar-refractivity contribution in [3.05, 3.63) is 95.6 Å². The number of aromatic nitrogens is 4. The summed E-state index contributed by atoms with van der Waals surface area (Å²) in [6.07, 6.45) is 10.4. The molecule has 1 saturated heterocycles. The molecule has 10 nitrogen and oxygen atoms in total. The fraction of sp³-hybridized carbons (Fsp3) is 0.300. The number of imidazole rings is 1. The molecule has 2 aromatic carbocycles. The maximum atomic E-state index is 13.2. The number of likely N-dealkylation sites (tertiary alicyclic amines) is 1. The number of fused-ring (bicyclic) bond motifs is 1. The van der Waals surface area contributed by atoms with Crippen LogP contribution >= 0.6 is 0 Å². The minimum Gasteiger partial charge on any atom is -0.388 e. The molecule has 1 unspecified atom stereocenters. The third-order valence-corrected chi connectivity index (χ3v) is 7.38. The Morgan fingerprint density at radius 3 is 2.62 bits per heavy atom. The second kappa shape index (κ2) is 11.7. The highest BCUT2D eigenvalue weighted by Gasteiger charge is 2.35. The summed E-state index contributed by atoms with van der Waals surface area (Å²) in [4.78, 5) is 48.4. The highest BCUT2D eigenvalue weighted by molar-refractivity contribution is 6.02. The number of carbonyl (C=O) groups excluding carboxylic acids is 2. The molecule has 0 saturated carbocycles. The lowest BCUT2D eigenvalue weighted by atomic mass is 9.90. The third-order valence-electron chi connectivity index (χ3n) is 7.38. The van der Waals surface area contributed by atoms with Gasteiger partial charge in [0.2, 0.25) is 11.8 Å². The highest BCUT2D eigenvalue weighted by atomic mass is 16.3. The molecule has 40 heavy (non-hydrogen) atoms. The number of nitrogens with one attached hydrogen (secondary N) is 1. The van der Waals surface area contributed by atoms with Crippen LogP contribution in [0.5, 0.6) is 0 Å². The molecule has 1 atom stereocenters. The number of carbonyl (C=O) groups is 2. The van der Waals surface area contributed by atoms with E-state index in [0.717, 1.165) is 5.56 Å². The summed E-state index contributed by atoms with van der Waals surface area (Å²) in [5.74, 6) is -0.143. The predicted molar refractivity (Wildman–Crippen MR) is 152 cm³/mol. The molecule has 2 aromatic heterocycles. The van der Waals surface area contributed by atoms with Crippen molar-refractivity contribution in [2.24, 2.45) is 0 Å². The number of aliphatic hydroxyl groups is 1. The van der Waals surface area contributed by atoms with E-state index in [9.17, 15) is 19.5 Å². The van der Waals surface area contributed by atoms with Crippen molar-refractivity contribution in [3.8, 4) is 0 Å². The molecule has 206 valence electrons. The van der Waals surface area contributed by atoms with Crippen LogP contribution in [0.4, 0.5) is 5.69 Å². The molecule has 2 amide bonds. The minimum atomic E-state index is -1.11. The summed E-state index contributed by atoms with van der Waals surface area (Å²) in [7, 11) is 0. The molecular formula is C30H32N6O4. The second-order valence-corrected chi connectivity index (χ2v) is 10.3. The van der Waals surface area contributed by atoms with E-state index >= 15 is 0 Å². The van der Waals surface area contributed by atoms with Crippen molar-refractivity contribution in [2.45, 2.75) is 44.2 Å². The molecule has 10 heteroatoms. The second-order valence-electron chi connectivity index (χ2n) is 10.3. The summed E-state index contributed by atoms with van der Waals surface area (Å²) in [6.45, 7) is 3.01. The van der Waals surface area contributed by atoms with Gasteiger partial charge in [0.25, 0.3) is 5.56 Å². The van der Waals surface area contributed by atoms with Crippen LogP contribution in [0.3, 0.4) is 0 Å². The highest BCUT2D eigenvalue weighted by Crippen LogP contribution is 2.26. The van der Waals surface area contributed by atoms with Crippen LogP contribution in [0, 0.1) is 0 Å². The predicted octanol–water partition coefficient (Wildman–Crippen LogP) is 3.25. The molecule has 4 aromatic rings. The fourth-order valence-corrected chi connectivity index (χ4v) is 4.98. The van der Waals surface area contributed by atoms with Crippen molar-refractivity contribution in [3.63, 3.8) is 0 Å². The number of piperidine rings is 1. The van der Waals surface area contributed by atoms with E-state index in [-0.39, 0.29) is 29.8 Å². The molecule has 1 aliphatic heterocycles. The number of benzene rings is 2. The van der Waals surface area contributed by atoms with E-state index in [1.807, 2.05) is 37.3 Å². The van der Waals surface area contributed by atoms with Crippen molar-refractivity contribution in [1.29, 1.82) is 0 Å². The molecule has 0 radical (unpaired) electrons. The third kappa shape index (κ3) is 6.35. The van der Waals surface area contributed by atoms with Gasteiger partial charge in [-0.1, -0.05) is 37.3 Å². The number of rotatable bonds is 8. The number of anilines is 1. The van der Waals surface area contributed by atoms with E-state index in [1.54, 1.807) is 52.6 Å². The van der Waals surface area contributed by atoms with Crippen LogP contribution in [0.15, 0.2) is 84.4 Å². The van der Waals surface area contributed by atoms with Gasteiger partial charge >= 0.3 is 0 Å². The minimum absolute atomic E-state index is 0.0723. The Morgan fingerprint density at radius 1 is 1.12 bits per heavy atom. The SMILES string of the molecule is CC(CC(=O)N1CCC(O)(Cn2cnc3cc(NC(=O)/C=C/n4ccnc4)ccc3c2=O)CC1)c1ccccc1. The van der Waals surface area contributed by atoms with Gasteiger partial charge in [0, 0.05) is 49.9 Å². The first kappa shape index (κ1) is 27.0. The quantitative estimate of drug-likeness (QED) is 0.331. The van der Waals surface area contributed by atoms with E-state index < -0.39 is 5.60 Å². The zero-order chi connectivity index (χ0) is 28.1. The van der Waals surface area contributed by atoms with Gasteiger partial charge in [-0.05, 0) is 42.5 Å². The molecular weight excluding hydrogens is 508 g/mol. The molecule has 1 aliphatic rings. The van der Waals surface area contributed by atoms with Gasteiger partial charge in [0.05, 0.1) is 35.7 Å². The van der Waals surface area contributed by atoms with E-state index in [2.05, 4.69) is 15.3 Å². The monoisotopic (exact) mass is 540 g/mol. The van der Waals surface area contributed by atoms with Gasteiger partial charge in [-0.3, -0.25) is 19.0 Å². The van der Waals surface area contributed by atoms with E-state index in [0.29, 0.717) is 48.9 Å². The van der Waals surface area contributed by atoms with Gasteiger partial charge in [0.1, 0.15) is 0 Å². The van der Waals surface area contributed by atoms with Gasteiger partial charge in [-0.25, -0.2) is 9.97 Å². The van der Waals surface area contributed by atoms with Crippen molar-refractivity contribution < 1.29 is 14.7 Å². The Morgan fingerprint density at radius 2 is 1.90 bits per heavy atom. The lowest BCUT2D eigenvalue weighted by Crippen LogP contribution is -2.49. The lowest BCUT2D eigenvalue weighted by molar-refractivity contribution is -0.136. The smallest absolute Gasteiger partial charge is 0.261 e. The maximum Gasteiger partial charge on any atom is 0.261 e. The van der Waals surface area contributed by atoms with Crippen molar-refractivity contribution in [2.75, 3.05) is 18.4 Å². The summed E-state index contributed by atoms with van der Waals surface area (Å²) < 4.78 is 3.07. The number of hydrogen-bond donors (Lipinski definition) is 2. The Balaban J connectivity index is 1.19. The molecule has 0 bridgehead atoms. The zero-order valence-corrected chi connectivity index (χ0v) is 22.3. The Kier molecular flexibility index (Phi) is 7.88. The maximum absolute atomic E-state index is 13.2. The van der Waals surface area contributed by atoms with Crippen LogP contribution in [0.25, 0.3) is 17.1 Å². The number of nitrogens with zero attached hydrogens (tertiary/aromatic N) is 5. The fourth-order valence-electron chi connectivity index (χ4n) is 4.98. The first-order chi connectivity index (χ1) is 19.3. The lowest BCUT2D eigenvalue weighted by Gasteiger charge is -2.38. The van der Waals surface area contributed by atoms with Gasteiger partial charge in [-0.15, -0.1) is 0 Å². The standard InChI is InChI=1S/C30H32N6O4/c1-22(23-5-3-2-4-6-23)17-28(38)35-14-10-30(40,11-15-35)19-36-21-32-26-18-24(7-8-25(26)29(36)39)33-27(37)9-13-34-16-12-31-20-34/h2-9,12-13,16,18,20-22,40H,10-11,14-15,17,19H2,1H3,(H,33,37)/b13-9+. The van der Waals surface area contributed by atoms with Gasteiger partial charge in [0.15, 0.2) is 0 Å². The molecule has 0 spiro atoms. The number of hydrogen-bond acceptors (Lipinski definition) is 6. The van der Waals surface area contributed by atoms with Crippen molar-refractivity contribution in [1.82, 2.24) is 24.0 Å². The van der Waals surface area contributed by atoms with Gasteiger partial charge in [-0.2, -0.15) is 0 Å². The van der Waals surface area contributed by atoms with Crippen LogP contribution < -0.4 is 10.9 Å². The molecule has 3 heterocycles.